The maximum Gasteiger partial charge on any atom is 0.161 e. The molecule has 0 saturated carbocycles. The second-order valence-corrected chi connectivity index (χ2v) is 9.61. The molecule has 5 nitrogen and oxygen atoms in total. The van der Waals surface area contributed by atoms with Crippen molar-refractivity contribution >= 4 is 33.6 Å². The minimum absolute atomic E-state index is 0.649. The number of unbranched alkanes of at least 4 members (excludes halogenated alkanes) is 2. The Morgan fingerprint density at radius 3 is 2.40 bits per heavy atom. The highest BCUT2D eigenvalue weighted by atomic mass is 32.2. The quantitative estimate of drug-likeness (QED) is 0.464. The molecule has 1 unspecified atom stereocenters. The summed E-state index contributed by atoms with van der Waals surface area (Å²) in [6, 6.07) is 5.94. The molecule has 0 aromatic carbocycles. The van der Waals surface area contributed by atoms with E-state index in [0.717, 1.165) is 54.0 Å². The summed E-state index contributed by atoms with van der Waals surface area (Å²) in [5.41, 5.74) is 2.05. The number of amidine groups is 1. The molecule has 1 aliphatic rings. The van der Waals surface area contributed by atoms with Crippen molar-refractivity contribution in [3.05, 3.63) is 36.2 Å². The number of hydrogen-bond donors (Lipinski definition) is 2. The zero-order valence-electron chi connectivity index (χ0n) is 19.5. The first-order valence-electron chi connectivity index (χ1n) is 11.1. The zero-order chi connectivity index (χ0) is 22.6. The molecule has 0 spiro atoms. The normalized spacial score (nSPS) is 15.3. The lowest BCUT2D eigenvalue weighted by atomic mass is 10.1. The summed E-state index contributed by atoms with van der Waals surface area (Å²) in [4.78, 5) is 8.89. The van der Waals surface area contributed by atoms with E-state index in [0.29, 0.717) is 5.75 Å². The van der Waals surface area contributed by atoms with Gasteiger partial charge in [-0.15, -0.1) is 0 Å². The van der Waals surface area contributed by atoms with Gasteiger partial charge in [-0.3, -0.25) is 15.1 Å². The first kappa shape index (κ1) is 28.8. The molecular formula is C23H42N4OS2. The molecule has 1 atom stereocenters. The Hall–Kier alpha value is -1.18. The lowest BCUT2D eigenvalue weighted by Crippen LogP contribution is -2.23. The van der Waals surface area contributed by atoms with Gasteiger partial charge < -0.3 is 5.32 Å². The van der Waals surface area contributed by atoms with E-state index in [2.05, 4.69) is 49.1 Å². The lowest BCUT2D eigenvalue weighted by molar-refractivity contribution is 0.576. The Balaban J connectivity index is 0.000000538. The smallest absolute Gasteiger partial charge is 0.161 e. The molecule has 2 rings (SSSR count). The van der Waals surface area contributed by atoms with Crippen molar-refractivity contribution in [2.45, 2.75) is 73.1 Å². The Morgan fingerprint density at radius 1 is 1.20 bits per heavy atom. The van der Waals surface area contributed by atoms with E-state index < -0.39 is 11.0 Å². The van der Waals surface area contributed by atoms with Crippen LogP contribution in [-0.2, 0) is 11.0 Å². The third kappa shape index (κ3) is 16.6. The van der Waals surface area contributed by atoms with Crippen LogP contribution in [0.25, 0.3) is 5.70 Å². The number of pyridine rings is 1. The topological polar surface area (TPSA) is 80.4 Å². The number of thioether (sulfide) groups is 1. The number of aromatic nitrogens is 1. The summed E-state index contributed by atoms with van der Waals surface area (Å²) in [5, 5.41) is 9.31. The zero-order valence-corrected chi connectivity index (χ0v) is 21.2. The number of rotatable bonds is 9. The molecule has 172 valence electrons. The number of hydrogen-bond acceptors (Lipinski definition) is 4. The molecule has 7 heteroatoms. The molecule has 0 aliphatic carbocycles. The van der Waals surface area contributed by atoms with E-state index in [4.69, 9.17) is 5.14 Å². The van der Waals surface area contributed by atoms with E-state index in [1.165, 1.54) is 19.3 Å². The van der Waals surface area contributed by atoms with Gasteiger partial charge in [-0.05, 0) is 37.0 Å². The highest BCUT2D eigenvalue weighted by molar-refractivity contribution is 8.14. The summed E-state index contributed by atoms with van der Waals surface area (Å²) < 4.78 is 10.1. The molecule has 0 saturated heterocycles. The van der Waals surface area contributed by atoms with Gasteiger partial charge in [-0.1, -0.05) is 78.1 Å². The Kier molecular flexibility index (Phi) is 19.0. The van der Waals surface area contributed by atoms with Crippen LogP contribution in [-0.4, -0.2) is 32.4 Å². The SMILES string of the molecule is CCCC(C)C.CCCCN=C1NC(c2ccccn2)=CCS1.CCCCS(N)=O. The van der Waals surface area contributed by atoms with Gasteiger partial charge in [-0.25, -0.2) is 4.21 Å². The van der Waals surface area contributed by atoms with Crippen molar-refractivity contribution in [3.63, 3.8) is 0 Å². The Labute approximate surface area is 191 Å². The van der Waals surface area contributed by atoms with Crippen LogP contribution in [0.1, 0.15) is 78.8 Å². The average molecular weight is 455 g/mol. The van der Waals surface area contributed by atoms with Gasteiger partial charge in [0, 0.05) is 24.2 Å². The molecule has 1 aromatic rings. The molecule has 1 aromatic heterocycles. The van der Waals surface area contributed by atoms with Crippen molar-refractivity contribution in [1.82, 2.24) is 10.3 Å². The van der Waals surface area contributed by atoms with Gasteiger partial charge >= 0.3 is 0 Å². The van der Waals surface area contributed by atoms with Crippen LogP contribution in [0, 0.1) is 5.92 Å². The van der Waals surface area contributed by atoms with E-state index in [1.807, 2.05) is 31.3 Å². The van der Waals surface area contributed by atoms with Crippen LogP contribution in [0.15, 0.2) is 35.5 Å². The number of nitrogens with two attached hydrogens (primary N) is 1. The second-order valence-electron chi connectivity index (χ2n) is 7.43. The minimum atomic E-state index is -1.07. The third-order valence-corrected chi connectivity index (χ3v) is 5.55. The summed E-state index contributed by atoms with van der Waals surface area (Å²) in [5.74, 6) is 2.51. The molecule has 0 amide bonds. The molecule has 1 aliphatic heterocycles. The van der Waals surface area contributed by atoms with Gasteiger partial charge in [0.25, 0.3) is 0 Å². The molecule has 30 heavy (non-hydrogen) atoms. The molecule has 0 bridgehead atoms. The third-order valence-electron chi connectivity index (χ3n) is 4.02. The fourth-order valence-corrected chi connectivity index (χ4v) is 3.73. The number of aliphatic imine (C=N–C) groups is 1. The lowest BCUT2D eigenvalue weighted by Gasteiger charge is -2.16. The van der Waals surface area contributed by atoms with E-state index in [9.17, 15) is 4.21 Å². The Bertz CT molecular complexity index is 619. The highest BCUT2D eigenvalue weighted by Crippen LogP contribution is 2.18. The van der Waals surface area contributed by atoms with Gasteiger partial charge in [0.15, 0.2) is 5.17 Å². The second kappa shape index (κ2) is 19.8. The van der Waals surface area contributed by atoms with Crippen LogP contribution in [0.2, 0.25) is 0 Å². The van der Waals surface area contributed by atoms with Crippen molar-refractivity contribution in [2.75, 3.05) is 18.1 Å². The van der Waals surface area contributed by atoms with Crippen molar-refractivity contribution in [1.29, 1.82) is 0 Å². The van der Waals surface area contributed by atoms with Crippen molar-refractivity contribution < 1.29 is 4.21 Å². The van der Waals surface area contributed by atoms with Gasteiger partial charge in [0.05, 0.1) is 22.4 Å². The molecule has 2 heterocycles. The van der Waals surface area contributed by atoms with Gasteiger partial charge in [0.2, 0.25) is 0 Å². The first-order chi connectivity index (χ1) is 14.4. The molecule has 0 radical (unpaired) electrons. The summed E-state index contributed by atoms with van der Waals surface area (Å²) >= 11 is 1.75. The van der Waals surface area contributed by atoms with Crippen LogP contribution < -0.4 is 10.5 Å². The highest BCUT2D eigenvalue weighted by Gasteiger charge is 2.11. The van der Waals surface area contributed by atoms with Gasteiger partial charge in [0.1, 0.15) is 0 Å². The number of nitrogens with one attached hydrogen (secondary N) is 1. The van der Waals surface area contributed by atoms with E-state index in [-0.39, 0.29) is 0 Å². The van der Waals surface area contributed by atoms with Gasteiger partial charge in [-0.2, -0.15) is 0 Å². The summed E-state index contributed by atoms with van der Waals surface area (Å²) in [6.45, 7) is 11.9. The monoisotopic (exact) mass is 454 g/mol. The fraction of sp³-hybridized carbons (Fsp3) is 0.652. The standard InChI is InChI=1S/C13H17N3S.C6H14.C4H11NOS/c1-2-3-8-15-13-16-12(7-10-17-13)11-6-4-5-9-14-11;1-4-5-6(2)3;1-2-3-4-7(5)6/h4-7,9H,2-3,8,10H2,1H3,(H,15,16);6H,4-5H2,1-3H3;2-5H2,1H3. The van der Waals surface area contributed by atoms with Crippen molar-refractivity contribution in [3.8, 4) is 0 Å². The van der Waals surface area contributed by atoms with E-state index >= 15 is 0 Å². The van der Waals surface area contributed by atoms with Crippen LogP contribution in [0.4, 0.5) is 0 Å². The predicted molar refractivity (Wildman–Crippen MR) is 137 cm³/mol. The van der Waals surface area contributed by atoms with Crippen LogP contribution >= 0.6 is 11.8 Å². The molecule has 0 fully saturated rings. The fourth-order valence-electron chi connectivity index (χ4n) is 2.38. The molecule has 3 N–H and O–H groups in total. The first-order valence-corrected chi connectivity index (χ1v) is 13.5. The largest absolute Gasteiger partial charge is 0.333 e. The Morgan fingerprint density at radius 2 is 1.93 bits per heavy atom. The summed E-state index contributed by atoms with van der Waals surface area (Å²) in [6.07, 6.45) is 11.1. The van der Waals surface area contributed by atoms with E-state index in [1.54, 1.807) is 11.8 Å². The van der Waals surface area contributed by atoms with Crippen molar-refractivity contribution in [2.24, 2.45) is 16.0 Å². The maximum atomic E-state index is 10.1. The maximum absolute atomic E-state index is 10.1. The summed E-state index contributed by atoms with van der Waals surface area (Å²) in [7, 11) is -1.07. The van der Waals surface area contributed by atoms with Crippen LogP contribution in [0.3, 0.4) is 0 Å². The predicted octanol–water partition coefficient (Wildman–Crippen LogP) is 5.77. The molecular weight excluding hydrogens is 412 g/mol. The number of nitrogens with zero attached hydrogens (tertiary/aromatic N) is 2. The average Bonchev–Trinajstić information content (AvgIpc) is 2.74. The van der Waals surface area contributed by atoms with Crippen LogP contribution in [0.5, 0.6) is 0 Å². The minimum Gasteiger partial charge on any atom is -0.333 e.